The van der Waals surface area contributed by atoms with Crippen molar-refractivity contribution >= 4 is 54.6 Å². The molecule has 0 saturated heterocycles. The molecule has 256 valence electrons. The molecular weight excluding hydrogens is 649 g/mol. The van der Waals surface area contributed by atoms with Crippen molar-refractivity contribution in [3.8, 4) is 0 Å². The number of hydrogen-bond donors (Lipinski definition) is 2. The minimum absolute atomic E-state index is 0.466. The zero-order valence-electron chi connectivity index (χ0n) is 27.2. The maximum Gasteiger partial charge on any atom is 0.411 e. The van der Waals surface area contributed by atoms with Gasteiger partial charge in [-0.3, -0.25) is 10.6 Å². The number of hydrogen-bond acceptors (Lipinski definition) is 12. The van der Waals surface area contributed by atoms with E-state index in [1.165, 1.54) is 0 Å². The largest absolute Gasteiger partial charge is 0.448 e. The lowest BCUT2D eigenvalue weighted by Gasteiger charge is -2.22. The third-order valence-electron chi connectivity index (χ3n) is 7.23. The first kappa shape index (κ1) is 37.0. The summed E-state index contributed by atoms with van der Waals surface area (Å²) >= 11 is 0. The number of amides is 2. The lowest BCUT2D eigenvalue weighted by atomic mass is 10.1. The number of sulfone groups is 2. The molecule has 0 aliphatic rings. The second-order valence-electron chi connectivity index (χ2n) is 10.2. The van der Waals surface area contributed by atoms with E-state index >= 15 is 0 Å². The van der Waals surface area contributed by atoms with Crippen LogP contribution in [0.1, 0.15) is 33.3 Å². The summed E-state index contributed by atoms with van der Waals surface area (Å²) in [6.07, 6.45) is -0.0192. The summed E-state index contributed by atoms with van der Waals surface area (Å²) in [6, 6.07) is 12.7. The molecule has 3 aromatic rings. The van der Waals surface area contributed by atoms with Gasteiger partial charge >= 0.3 is 12.2 Å². The Morgan fingerprint density at radius 1 is 0.681 bits per heavy atom. The molecule has 0 fully saturated rings. The van der Waals surface area contributed by atoms with Gasteiger partial charge in [-0.05, 0) is 82.6 Å². The Balaban J connectivity index is 1.46. The van der Waals surface area contributed by atoms with Crippen LogP contribution < -0.4 is 20.4 Å². The van der Waals surface area contributed by atoms with Gasteiger partial charge in [-0.25, -0.2) is 36.4 Å². The van der Waals surface area contributed by atoms with Crippen molar-refractivity contribution in [3.05, 3.63) is 60.4 Å². The maximum atomic E-state index is 12.7. The summed E-state index contributed by atoms with van der Waals surface area (Å²) in [5.74, 6) is -1.19. The highest BCUT2D eigenvalue weighted by molar-refractivity contribution is 7.91. The Morgan fingerprint density at radius 3 is 1.57 bits per heavy atom. The van der Waals surface area contributed by atoms with Crippen molar-refractivity contribution in [2.45, 2.75) is 44.7 Å². The van der Waals surface area contributed by atoms with Crippen LogP contribution in [0.5, 0.6) is 0 Å². The van der Waals surface area contributed by atoms with Gasteiger partial charge in [0.1, 0.15) is 13.2 Å². The molecule has 0 unspecified atom stereocenters. The van der Waals surface area contributed by atoms with Crippen LogP contribution in [0.25, 0.3) is 0 Å². The summed E-state index contributed by atoms with van der Waals surface area (Å²) in [4.78, 5) is 36.2. The van der Waals surface area contributed by atoms with E-state index in [1.54, 1.807) is 18.2 Å². The molecule has 0 spiro atoms. The van der Waals surface area contributed by atoms with Crippen molar-refractivity contribution in [3.63, 3.8) is 0 Å². The number of ether oxygens (including phenoxy) is 2. The van der Waals surface area contributed by atoms with Gasteiger partial charge in [0.2, 0.25) is 19.7 Å². The van der Waals surface area contributed by atoms with Gasteiger partial charge in [-0.1, -0.05) is 0 Å². The minimum atomic E-state index is -4.05. The smallest absolute Gasteiger partial charge is 0.411 e. The highest BCUT2D eigenvalue weighted by Crippen LogP contribution is 2.23. The Hall–Kier alpha value is -4.44. The molecule has 2 amide bonds. The molecule has 2 aromatic carbocycles. The van der Waals surface area contributed by atoms with E-state index in [9.17, 15) is 26.4 Å². The average molecular weight is 691 g/mol. The SMILES string of the molecule is CCN(CC)c1ccc(NC(=O)OCCS(=O)(=O)c2cnc(S(=O)(=O)CCOC(=O)Nc3ccc(N(CC)CC)cc3C)cn2)cc1. The van der Waals surface area contributed by atoms with E-state index in [0.717, 1.165) is 55.5 Å². The van der Waals surface area contributed by atoms with Crippen molar-refractivity contribution < 1.29 is 35.9 Å². The van der Waals surface area contributed by atoms with Gasteiger partial charge in [0, 0.05) is 48.9 Å². The fourth-order valence-corrected chi connectivity index (χ4v) is 6.42. The normalized spacial score (nSPS) is 11.4. The number of nitrogens with one attached hydrogen (secondary N) is 2. The number of carbonyl (C=O) groups excluding carboxylic acids is 2. The quantitative estimate of drug-likeness (QED) is 0.215. The van der Waals surface area contributed by atoms with Gasteiger partial charge in [0.25, 0.3) is 0 Å². The van der Waals surface area contributed by atoms with Gasteiger partial charge in [0.05, 0.1) is 23.9 Å². The predicted molar refractivity (Wildman–Crippen MR) is 181 cm³/mol. The number of carbonyl (C=O) groups is 2. The van der Waals surface area contributed by atoms with E-state index < -0.39 is 66.6 Å². The topological polar surface area (TPSA) is 177 Å². The molecule has 0 saturated carbocycles. The number of anilines is 4. The molecule has 2 N–H and O–H groups in total. The predicted octanol–water partition coefficient (Wildman–Crippen LogP) is 4.52. The van der Waals surface area contributed by atoms with Crippen LogP contribution in [0.4, 0.5) is 32.3 Å². The number of aryl methyl sites for hydroxylation is 1. The van der Waals surface area contributed by atoms with E-state index in [0.29, 0.717) is 11.4 Å². The van der Waals surface area contributed by atoms with E-state index in [2.05, 4.69) is 30.4 Å². The Labute approximate surface area is 276 Å². The highest BCUT2D eigenvalue weighted by Gasteiger charge is 2.22. The lowest BCUT2D eigenvalue weighted by molar-refractivity contribution is 0.167. The molecule has 16 heteroatoms. The molecule has 47 heavy (non-hydrogen) atoms. The third kappa shape index (κ3) is 10.5. The number of nitrogens with zero attached hydrogens (tertiary/aromatic N) is 4. The summed E-state index contributed by atoms with van der Waals surface area (Å²) in [5, 5.41) is 4.18. The first-order valence-electron chi connectivity index (χ1n) is 15.2. The number of aromatic nitrogens is 2. The van der Waals surface area contributed by atoms with Crippen molar-refractivity contribution in [2.75, 3.05) is 71.3 Å². The average Bonchev–Trinajstić information content (AvgIpc) is 3.04. The Morgan fingerprint density at radius 2 is 1.13 bits per heavy atom. The van der Waals surface area contributed by atoms with Crippen molar-refractivity contribution in [2.24, 2.45) is 0 Å². The fourth-order valence-electron chi connectivity index (χ4n) is 4.54. The van der Waals surface area contributed by atoms with Crippen LogP contribution in [0.2, 0.25) is 0 Å². The Kier molecular flexibility index (Phi) is 13.3. The zero-order valence-corrected chi connectivity index (χ0v) is 28.9. The van der Waals surface area contributed by atoms with Crippen LogP contribution >= 0.6 is 0 Å². The van der Waals surface area contributed by atoms with E-state index in [1.807, 2.05) is 58.9 Å². The molecule has 3 rings (SSSR count). The minimum Gasteiger partial charge on any atom is -0.448 e. The first-order valence-corrected chi connectivity index (χ1v) is 18.5. The lowest BCUT2D eigenvalue weighted by Crippen LogP contribution is -2.22. The number of rotatable bonds is 16. The van der Waals surface area contributed by atoms with Crippen LogP contribution in [0.3, 0.4) is 0 Å². The van der Waals surface area contributed by atoms with Crippen LogP contribution in [0.15, 0.2) is 64.9 Å². The summed E-state index contributed by atoms with van der Waals surface area (Å²) < 4.78 is 60.7. The van der Waals surface area contributed by atoms with Gasteiger partial charge in [-0.15, -0.1) is 0 Å². The van der Waals surface area contributed by atoms with E-state index in [-0.39, 0.29) is 0 Å². The van der Waals surface area contributed by atoms with Gasteiger partial charge < -0.3 is 19.3 Å². The molecule has 14 nitrogen and oxygen atoms in total. The highest BCUT2D eigenvalue weighted by atomic mass is 32.2. The first-order chi connectivity index (χ1) is 22.3. The number of benzene rings is 2. The zero-order chi connectivity index (χ0) is 34.6. The van der Waals surface area contributed by atoms with Gasteiger partial charge in [0.15, 0.2) is 10.1 Å². The summed E-state index contributed by atoms with van der Waals surface area (Å²) in [5.41, 5.74) is 3.85. The Bertz CT molecular complexity index is 1710. The van der Waals surface area contributed by atoms with Crippen LogP contribution in [0, 0.1) is 6.92 Å². The van der Waals surface area contributed by atoms with Crippen molar-refractivity contribution in [1.29, 1.82) is 0 Å². The van der Waals surface area contributed by atoms with Gasteiger partial charge in [-0.2, -0.15) is 0 Å². The standard InChI is InChI=1S/C31H42N6O8S2/c1-6-36(7-2)25-12-10-24(11-13-25)34-30(38)44-16-18-46(40,41)28-21-33-29(22-32-28)47(42,43)19-17-45-31(39)35-27-15-14-26(20-23(27)5)37(8-3)9-4/h10-15,20-22H,6-9,16-19H2,1-5H3,(H,34,38)(H,35,39). The third-order valence-corrected chi connectivity index (χ3v) is 10.3. The molecule has 0 atom stereocenters. The molecule has 0 aliphatic heterocycles. The molecule has 1 heterocycles. The van der Waals surface area contributed by atoms with E-state index in [4.69, 9.17) is 9.47 Å². The second-order valence-corrected chi connectivity index (χ2v) is 14.4. The fraction of sp³-hybridized carbons (Fsp3) is 0.419. The molecular formula is C31H42N6O8S2. The molecule has 1 aromatic heterocycles. The monoisotopic (exact) mass is 690 g/mol. The van der Waals surface area contributed by atoms with Crippen molar-refractivity contribution in [1.82, 2.24) is 9.97 Å². The molecule has 0 bridgehead atoms. The van der Waals surface area contributed by atoms with Crippen LogP contribution in [-0.4, -0.2) is 89.9 Å². The van der Waals surface area contributed by atoms with Crippen LogP contribution in [-0.2, 0) is 29.1 Å². The summed E-state index contributed by atoms with van der Waals surface area (Å²) in [7, 11) is -8.09. The molecule has 0 aliphatic carbocycles. The second kappa shape index (κ2) is 16.9. The summed E-state index contributed by atoms with van der Waals surface area (Å²) in [6.45, 7) is 12.4. The maximum absolute atomic E-state index is 12.7. The molecule has 0 radical (unpaired) electrons.